The van der Waals surface area contributed by atoms with Crippen molar-refractivity contribution in [1.29, 1.82) is 0 Å². The van der Waals surface area contributed by atoms with Crippen LogP contribution in [0.25, 0.3) is 0 Å². The summed E-state index contributed by atoms with van der Waals surface area (Å²) in [5.41, 5.74) is 1.35. The second-order valence-electron chi connectivity index (χ2n) is 4.26. The monoisotopic (exact) mass is 206 g/mol. The molecule has 1 aliphatic rings. The fraction of sp³-hybridized carbons (Fsp3) is 0.417. The molecule has 0 amide bonds. The minimum absolute atomic E-state index is 0.0251. The average Bonchev–Trinajstić information content (AvgIpc) is 2.90. The molecule has 80 valence electrons. The van der Waals surface area contributed by atoms with Crippen LogP contribution in [0.3, 0.4) is 0 Å². The molecule has 0 aliphatic heterocycles. The molecule has 15 heavy (non-hydrogen) atoms. The van der Waals surface area contributed by atoms with Crippen LogP contribution in [0, 0.1) is 12.8 Å². The number of aromatic hydroxyl groups is 2. The molecule has 3 nitrogen and oxygen atoms in total. The molecule has 0 aromatic heterocycles. The van der Waals surface area contributed by atoms with Crippen LogP contribution in [-0.4, -0.2) is 16.0 Å². The lowest BCUT2D eigenvalue weighted by Crippen LogP contribution is -1.95. The molecule has 0 radical (unpaired) electrons. The van der Waals surface area contributed by atoms with Gasteiger partial charge >= 0.3 is 0 Å². The van der Waals surface area contributed by atoms with Gasteiger partial charge in [0.05, 0.1) is 0 Å². The van der Waals surface area contributed by atoms with Crippen LogP contribution in [0.2, 0.25) is 0 Å². The molecular weight excluding hydrogens is 192 g/mol. The van der Waals surface area contributed by atoms with E-state index in [0.29, 0.717) is 11.1 Å². The van der Waals surface area contributed by atoms with Gasteiger partial charge in [0.1, 0.15) is 17.3 Å². The van der Waals surface area contributed by atoms with Gasteiger partial charge in [0, 0.05) is 11.5 Å². The molecular formula is C12H14O3. The van der Waals surface area contributed by atoms with Crippen molar-refractivity contribution in [2.45, 2.75) is 26.2 Å². The fourth-order valence-corrected chi connectivity index (χ4v) is 2.06. The first kappa shape index (κ1) is 10.0. The number of carbonyl (C=O) groups is 1. The van der Waals surface area contributed by atoms with Crippen molar-refractivity contribution in [2.24, 2.45) is 5.92 Å². The van der Waals surface area contributed by atoms with Crippen molar-refractivity contribution in [3.8, 4) is 11.5 Å². The zero-order chi connectivity index (χ0) is 11.2. The fourth-order valence-electron chi connectivity index (χ4n) is 2.06. The predicted molar refractivity (Wildman–Crippen MR) is 56.0 cm³/mol. The summed E-state index contributed by atoms with van der Waals surface area (Å²) >= 11 is 0. The minimum Gasteiger partial charge on any atom is -0.508 e. The van der Waals surface area contributed by atoms with Gasteiger partial charge < -0.3 is 10.2 Å². The van der Waals surface area contributed by atoms with Crippen LogP contribution in [0.15, 0.2) is 12.1 Å². The number of Topliss-reactive ketones (excluding diaryl/α,β-unsaturated/α-hetero) is 1. The van der Waals surface area contributed by atoms with Crippen LogP contribution < -0.4 is 0 Å². The Morgan fingerprint density at radius 2 is 2.07 bits per heavy atom. The first-order valence-electron chi connectivity index (χ1n) is 5.03. The topological polar surface area (TPSA) is 57.5 Å². The number of phenolic OH excluding ortho intramolecular Hbond substituents is 2. The maximum absolute atomic E-state index is 11.1. The summed E-state index contributed by atoms with van der Waals surface area (Å²) < 4.78 is 0. The summed E-state index contributed by atoms with van der Waals surface area (Å²) in [5.74, 6) is 0.627. The van der Waals surface area contributed by atoms with E-state index < -0.39 is 0 Å². The van der Waals surface area contributed by atoms with Crippen LogP contribution in [0.4, 0.5) is 0 Å². The summed E-state index contributed by atoms with van der Waals surface area (Å²) in [4.78, 5) is 11.1. The van der Waals surface area contributed by atoms with E-state index >= 15 is 0 Å². The molecule has 0 saturated heterocycles. The summed E-state index contributed by atoms with van der Waals surface area (Å²) in [7, 11) is 0. The number of benzene rings is 1. The third kappa shape index (κ3) is 1.69. The molecule has 1 aromatic rings. The molecule has 2 atom stereocenters. The lowest BCUT2D eigenvalue weighted by atomic mass is 10.0. The van der Waals surface area contributed by atoms with Gasteiger partial charge in [-0.3, -0.25) is 4.79 Å². The average molecular weight is 206 g/mol. The first-order valence-corrected chi connectivity index (χ1v) is 5.03. The largest absolute Gasteiger partial charge is 0.508 e. The second kappa shape index (κ2) is 3.26. The van der Waals surface area contributed by atoms with Crippen molar-refractivity contribution in [2.75, 3.05) is 0 Å². The molecule has 1 saturated carbocycles. The van der Waals surface area contributed by atoms with Gasteiger partial charge in [-0.2, -0.15) is 0 Å². The van der Waals surface area contributed by atoms with Gasteiger partial charge in [-0.05, 0) is 43.9 Å². The summed E-state index contributed by atoms with van der Waals surface area (Å²) in [6.45, 7) is 3.31. The molecule has 2 rings (SSSR count). The van der Waals surface area contributed by atoms with Gasteiger partial charge in [-0.25, -0.2) is 0 Å². The standard InChI is InChI=1S/C12H14O3/c1-6-3-8(14)4-11(12(6)15)10-5-9(10)7(2)13/h3-4,9-10,14-15H,5H2,1-2H3. The Labute approximate surface area is 88.4 Å². The normalized spacial score (nSPS) is 23.9. The minimum atomic E-state index is 0.0251. The highest BCUT2D eigenvalue weighted by atomic mass is 16.3. The molecule has 0 heterocycles. The Kier molecular flexibility index (Phi) is 2.18. The second-order valence-corrected chi connectivity index (χ2v) is 4.26. The Hall–Kier alpha value is -1.51. The maximum Gasteiger partial charge on any atom is 0.133 e. The van der Waals surface area contributed by atoms with Gasteiger partial charge in [0.25, 0.3) is 0 Å². The number of hydrogen-bond acceptors (Lipinski definition) is 3. The quantitative estimate of drug-likeness (QED) is 0.728. The molecule has 1 fully saturated rings. The van der Waals surface area contributed by atoms with Crippen molar-refractivity contribution < 1.29 is 15.0 Å². The van der Waals surface area contributed by atoms with Crippen LogP contribution >= 0.6 is 0 Å². The highest BCUT2D eigenvalue weighted by molar-refractivity contribution is 5.83. The number of carbonyl (C=O) groups excluding carboxylic acids is 1. The summed E-state index contributed by atoms with van der Waals surface area (Å²) in [6.07, 6.45) is 0.784. The van der Waals surface area contributed by atoms with E-state index in [-0.39, 0.29) is 29.1 Å². The molecule has 0 bridgehead atoms. The van der Waals surface area contributed by atoms with Crippen molar-refractivity contribution in [1.82, 2.24) is 0 Å². The zero-order valence-corrected chi connectivity index (χ0v) is 8.82. The Balaban J connectivity index is 2.34. The Morgan fingerprint density at radius 3 is 2.60 bits per heavy atom. The smallest absolute Gasteiger partial charge is 0.133 e. The predicted octanol–water partition coefficient (Wildman–Crippen LogP) is 2.10. The molecule has 1 aromatic carbocycles. The van der Waals surface area contributed by atoms with Crippen molar-refractivity contribution in [3.05, 3.63) is 23.3 Å². The molecule has 3 heteroatoms. The van der Waals surface area contributed by atoms with E-state index in [9.17, 15) is 15.0 Å². The Morgan fingerprint density at radius 1 is 1.40 bits per heavy atom. The van der Waals surface area contributed by atoms with E-state index in [4.69, 9.17) is 0 Å². The van der Waals surface area contributed by atoms with Crippen molar-refractivity contribution >= 4 is 5.78 Å². The molecule has 2 unspecified atom stereocenters. The molecule has 2 N–H and O–H groups in total. The highest BCUT2D eigenvalue weighted by Crippen LogP contribution is 2.51. The van der Waals surface area contributed by atoms with E-state index in [1.165, 1.54) is 6.07 Å². The third-order valence-electron chi connectivity index (χ3n) is 3.03. The van der Waals surface area contributed by atoms with Gasteiger partial charge in [-0.15, -0.1) is 0 Å². The van der Waals surface area contributed by atoms with E-state index in [1.54, 1.807) is 19.9 Å². The lowest BCUT2D eigenvalue weighted by Gasteiger charge is -2.07. The Bertz CT molecular complexity index is 423. The summed E-state index contributed by atoms with van der Waals surface area (Å²) in [5, 5.41) is 19.2. The number of phenols is 2. The van der Waals surface area contributed by atoms with Crippen LogP contribution in [0.5, 0.6) is 11.5 Å². The highest BCUT2D eigenvalue weighted by Gasteiger charge is 2.43. The van der Waals surface area contributed by atoms with E-state index in [2.05, 4.69) is 0 Å². The van der Waals surface area contributed by atoms with E-state index in [0.717, 1.165) is 6.42 Å². The van der Waals surface area contributed by atoms with Crippen LogP contribution in [0.1, 0.15) is 30.4 Å². The molecule has 0 spiro atoms. The summed E-state index contributed by atoms with van der Waals surface area (Å²) in [6, 6.07) is 3.07. The molecule has 1 aliphatic carbocycles. The van der Waals surface area contributed by atoms with Gasteiger partial charge in [0.2, 0.25) is 0 Å². The number of aryl methyl sites for hydroxylation is 1. The van der Waals surface area contributed by atoms with Gasteiger partial charge in [0.15, 0.2) is 0 Å². The van der Waals surface area contributed by atoms with Crippen molar-refractivity contribution in [3.63, 3.8) is 0 Å². The lowest BCUT2D eigenvalue weighted by molar-refractivity contribution is -0.118. The number of ketones is 1. The maximum atomic E-state index is 11.1. The zero-order valence-electron chi connectivity index (χ0n) is 8.82. The number of rotatable bonds is 2. The number of hydrogen-bond donors (Lipinski definition) is 2. The van der Waals surface area contributed by atoms with E-state index in [1.807, 2.05) is 0 Å². The van der Waals surface area contributed by atoms with Crippen LogP contribution in [-0.2, 0) is 4.79 Å². The SMILES string of the molecule is CC(=O)C1CC1c1cc(O)cc(C)c1O. The first-order chi connectivity index (χ1) is 7.00. The third-order valence-corrected chi connectivity index (χ3v) is 3.03. The van der Waals surface area contributed by atoms with Gasteiger partial charge in [-0.1, -0.05) is 0 Å².